The maximum absolute atomic E-state index is 12.0. The van der Waals surface area contributed by atoms with Gasteiger partial charge in [0.2, 0.25) is 5.91 Å². The van der Waals surface area contributed by atoms with Crippen LogP contribution in [0.15, 0.2) is 18.2 Å². The number of rotatable bonds is 8. The standard InChI is InChI=1S/C16H25NO4/c1-5-16(19,6-2)11-17-15(18)9-12-7-8-13(20-3)10-14(12)21-4/h7-8,10,19H,5-6,9,11H2,1-4H3,(H,17,18). The molecular weight excluding hydrogens is 270 g/mol. The second kappa shape index (κ2) is 7.88. The van der Waals surface area contributed by atoms with Crippen molar-refractivity contribution in [2.45, 2.75) is 38.7 Å². The maximum Gasteiger partial charge on any atom is 0.224 e. The first-order valence-corrected chi connectivity index (χ1v) is 7.18. The molecule has 1 rings (SSSR count). The SMILES string of the molecule is CCC(O)(CC)CNC(=O)Cc1ccc(OC)cc1OC. The summed E-state index contributed by atoms with van der Waals surface area (Å²) in [6, 6.07) is 5.35. The van der Waals surface area contributed by atoms with Crippen molar-refractivity contribution < 1.29 is 19.4 Å². The Bertz CT molecular complexity index is 469. The summed E-state index contributed by atoms with van der Waals surface area (Å²) in [7, 11) is 3.14. The van der Waals surface area contributed by atoms with Gasteiger partial charge in [0.05, 0.1) is 26.2 Å². The van der Waals surface area contributed by atoms with Crippen LogP contribution in [0.5, 0.6) is 11.5 Å². The number of ether oxygens (including phenoxy) is 2. The summed E-state index contributed by atoms with van der Waals surface area (Å²) in [6.45, 7) is 4.07. The molecule has 0 saturated heterocycles. The van der Waals surface area contributed by atoms with Gasteiger partial charge in [-0.25, -0.2) is 0 Å². The number of hydrogen-bond donors (Lipinski definition) is 2. The number of amides is 1. The molecule has 1 aromatic carbocycles. The Morgan fingerprint density at radius 3 is 2.43 bits per heavy atom. The Morgan fingerprint density at radius 1 is 1.24 bits per heavy atom. The molecule has 0 unspecified atom stereocenters. The van der Waals surface area contributed by atoms with Crippen molar-refractivity contribution in [3.8, 4) is 11.5 Å². The van der Waals surface area contributed by atoms with Crippen molar-refractivity contribution >= 4 is 5.91 Å². The van der Waals surface area contributed by atoms with Gasteiger partial charge in [-0.05, 0) is 18.9 Å². The lowest BCUT2D eigenvalue weighted by atomic mass is 9.97. The molecule has 5 heteroatoms. The van der Waals surface area contributed by atoms with Crippen LogP contribution in [0.4, 0.5) is 0 Å². The molecule has 0 aliphatic heterocycles. The summed E-state index contributed by atoms with van der Waals surface area (Å²) in [5.74, 6) is 1.16. The zero-order valence-electron chi connectivity index (χ0n) is 13.2. The normalized spacial score (nSPS) is 11.1. The van der Waals surface area contributed by atoms with Crippen LogP contribution in [0.2, 0.25) is 0 Å². The van der Waals surface area contributed by atoms with E-state index in [2.05, 4.69) is 5.32 Å². The monoisotopic (exact) mass is 295 g/mol. The Hall–Kier alpha value is -1.75. The van der Waals surface area contributed by atoms with Gasteiger partial charge in [-0.2, -0.15) is 0 Å². The molecule has 21 heavy (non-hydrogen) atoms. The number of benzene rings is 1. The van der Waals surface area contributed by atoms with Gasteiger partial charge < -0.3 is 19.9 Å². The first-order chi connectivity index (χ1) is 9.97. The molecule has 118 valence electrons. The van der Waals surface area contributed by atoms with E-state index in [4.69, 9.17) is 9.47 Å². The van der Waals surface area contributed by atoms with E-state index in [0.717, 1.165) is 5.56 Å². The van der Waals surface area contributed by atoms with Gasteiger partial charge in [0.1, 0.15) is 11.5 Å². The molecule has 0 radical (unpaired) electrons. The Morgan fingerprint density at radius 2 is 1.90 bits per heavy atom. The molecule has 1 amide bonds. The molecule has 1 aromatic rings. The van der Waals surface area contributed by atoms with E-state index >= 15 is 0 Å². The molecule has 0 aromatic heterocycles. The van der Waals surface area contributed by atoms with Gasteiger partial charge >= 0.3 is 0 Å². The fraction of sp³-hybridized carbons (Fsp3) is 0.562. The van der Waals surface area contributed by atoms with Crippen molar-refractivity contribution in [1.82, 2.24) is 5.32 Å². The smallest absolute Gasteiger partial charge is 0.224 e. The van der Waals surface area contributed by atoms with E-state index in [-0.39, 0.29) is 18.9 Å². The van der Waals surface area contributed by atoms with Crippen molar-refractivity contribution in [3.05, 3.63) is 23.8 Å². The van der Waals surface area contributed by atoms with Crippen molar-refractivity contribution in [3.63, 3.8) is 0 Å². The molecule has 0 heterocycles. The van der Waals surface area contributed by atoms with E-state index < -0.39 is 5.60 Å². The molecule has 0 saturated carbocycles. The quantitative estimate of drug-likeness (QED) is 0.769. The third-order valence-electron chi connectivity index (χ3n) is 3.78. The van der Waals surface area contributed by atoms with Crippen LogP contribution in [0.25, 0.3) is 0 Å². The largest absolute Gasteiger partial charge is 0.497 e. The van der Waals surface area contributed by atoms with Crippen LogP contribution < -0.4 is 14.8 Å². The summed E-state index contributed by atoms with van der Waals surface area (Å²) >= 11 is 0. The van der Waals surface area contributed by atoms with Crippen molar-refractivity contribution in [2.75, 3.05) is 20.8 Å². The number of carbonyl (C=O) groups is 1. The highest BCUT2D eigenvalue weighted by Gasteiger charge is 2.22. The highest BCUT2D eigenvalue weighted by Crippen LogP contribution is 2.25. The lowest BCUT2D eigenvalue weighted by Crippen LogP contribution is -2.42. The minimum atomic E-state index is -0.834. The number of hydrogen-bond acceptors (Lipinski definition) is 4. The highest BCUT2D eigenvalue weighted by atomic mass is 16.5. The summed E-state index contributed by atoms with van der Waals surface area (Å²) in [5, 5.41) is 12.9. The van der Waals surface area contributed by atoms with Gasteiger partial charge in [0.25, 0.3) is 0 Å². The van der Waals surface area contributed by atoms with Gasteiger partial charge in [-0.1, -0.05) is 19.9 Å². The minimum absolute atomic E-state index is 0.140. The predicted octanol–water partition coefficient (Wildman–Crippen LogP) is 1.91. The second-order valence-electron chi connectivity index (χ2n) is 5.06. The summed E-state index contributed by atoms with van der Waals surface area (Å²) in [6.07, 6.45) is 1.42. The summed E-state index contributed by atoms with van der Waals surface area (Å²) < 4.78 is 10.4. The van der Waals surface area contributed by atoms with Gasteiger partial charge in [0.15, 0.2) is 0 Å². The molecule has 0 aliphatic carbocycles. The zero-order chi connectivity index (χ0) is 15.9. The fourth-order valence-corrected chi connectivity index (χ4v) is 2.00. The molecule has 0 aliphatic rings. The molecule has 0 bridgehead atoms. The third kappa shape index (κ3) is 4.93. The van der Waals surface area contributed by atoms with Gasteiger partial charge in [-0.3, -0.25) is 4.79 Å². The molecule has 0 spiro atoms. The Kier molecular flexibility index (Phi) is 6.49. The molecular formula is C16H25NO4. The van der Waals surface area contributed by atoms with E-state index in [0.29, 0.717) is 24.3 Å². The molecule has 2 N–H and O–H groups in total. The van der Waals surface area contributed by atoms with Crippen LogP contribution in [0.3, 0.4) is 0 Å². The molecule has 5 nitrogen and oxygen atoms in total. The lowest BCUT2D eigenvalue weighted by molar-refractivity contribution is -0.121. The summed E-state index contributed by atoms with van der Waals surface area (Å²) in [4.78, 5) is 12.0. The first-order valence-electron chi connectivity index (χ1n) is 7.18. The first kappa shape index (κ1) is 17.3. The lowest BCUT2D eigenvalue weighted by Gasteiger charge is -2.25. The number of aliphatic hydroxyl groups is 1. The molecule has 0 fully saturated rings. The Balaban J connectivity index is 2.67. The predicted molar refractivity (Wildman–Crippen MR) is 81.8 cm³/mol. The minimum Gasteiger partial charge on any atom is -0.497 e. The van der Waals surface area contributed by atoms with E-state index in [1.807, 2.05) is 19.9 Å². The Labute approximate surface area is 126 Å². The maximum atomic E-state index is 12.0. The van der Waals surface area contributed by atoms with Crippen LogP contribution in [-0.4, -0.2) is 37.4 Å². The van der Waals surface area contributed by atoms with Crippen LogP contribution in [-0.2, 0) is 11.2 Å². The van der Waals surface area contributed by atoms with Gasteiger partial charge in [0, 0.05) is 18.2 Å². The van der Waals surface area contributed by atoms with Crippen molar-refractivity contribution in [2.24, 2.45) is 0 Å². The second-order valence-corrected chi connectivity index (χ2v) is 5.06. The third-order valence-corrected chi connectivity index (χ3v) is 3.78. The number of nitrogens with one attached hydrogen (secondary N) is 1. The average Bonchev–Trinajstić information content (AvgIpc) is 2.53. The zero-order valence-corrected chi connectivity index (χ0v) is 13.2. The average molecular weight is 295 g/mol. The van der Waals surface area contributed by atoms with Crippen LogP contribution >= 0.6 is 0 Å². The number of methoxy groups -OCH3 is 2. The highest BCUT2D eigenvalue weighted by molar-refractivity contribution is 5.79. The van der Waals surface area contributed by atoms with E-state index in [1.54, 1.807) is 26.4 Å². The van der Waals surface area contributed by atoms with Crippen LogP contribution in [0.1, 0.15) is 32.3 Å². The summed E-state index contributed by atoms with van der Waals surface area (Å²) in [5.41, 5.74) is -0.0491. The van der Waals surface area contributed by atoms with E-state index in [1.165, 1.54) is 0 Å². The fourth-order valence-electron chi connectivity index (χ4n) is 2.00. The topological polar surface area (TPSA) is 67.8 Å². The molecule has 0 atom stereocenters. The van der Waals surface area contributed by atoms with Crippen LogP contribution in [0, 0.1) is 0 Å². The van der Waals surface area contributed by atoms with Gasteiger partial charge in [-0.15, -0.1) is 0 Å². The van der Waals surface area contributed by atoms with E-state index in [9.17, 15) is 9.90 Å². The number of carbonyl (C=O) groups excluding carboxylic acids is 1. The van der Waals surface area contributed by atoms with Crippen molar-refractivity contribution in [1.29, 1.82) is 0 Å².